The van der Waals surface area contributed by atoms with Crippen LogP contribution in [0.1, 0.15) is 33.6 Å². The van der Waals surface area contributed by atoms with E-state index in [2.05, 4.69) is 17.1 Å². The molecule has 7 nitrogen and oxygen atoms in total. The molecule has 1 amide bonds. The van der Waals surface area contributed by atoms with Gasteiger partial charge in [0.05, 0.1) is 24.8 Å². The average Bonchev–Trinajstić information content (AvgIpc) is 3.37. The molecule has 2 aromatic carbocycles. The van der Waals surface area contributed by atoms with Gasteiger partial charge in [0.2, 0.25) is 5.91 Å². The lowest BCUT2D eigenvalue weighted by Gasteiger charge is -2.20. The van der Waals surface area contributed by atoms with Crippen LogP contribution in [0.2, 0.25) is 0 Å². The molecule has 36 heavy (non-hydrogen) atoms. The fourth-order valence-electron chi connectivity index (χ4n) is 4.80. The lowest BCUT2D eigenvalue weighted by Crippen LogP contribution is -2.36. The second-order valence-electron chi connectivity index (χ2n) is 10.0. The van der Waals surface area contributed by atoms with Crippen molar-refractivity contribution in [2.24, 2.45) is 5.92 Å². The largest absolute Gasteiger partial charge is 0.497 e. The fraction of sp³-hybridized carbons (Fsp3) is 0.448. The third kappa shape index (κ3) is 6.26. The van der Waals surface area contributed by atoms with Gasteiger partial charge in [-0.3, -0.25) is 14.2 Å². The Morgan fingerprint density at radius 1 is 1.03 bits per heavy atom. The van der Waals surface area contributed by atoms with Crippen LogP contribution in [0.15, 0.2) is 53.3 Å². The molecule has 1 fully saturated rings. The monoisotopic (exact) mass is 491 g/mol. The standard InChI is InChI=1S/C29H37N3O4/c1-20(2)30-28(33)18-32-27(23-8-7-9-24(14-23)35-4)15-22-10-11-25(16-26(22)29(32)34)36-19-21(3)17-31-12-5-6-13-31/h7-11,14-16,20-21H,5-6,12-13,17-19H2,1-4H3,(H,30,33)/t21-/m0/s1. The highest BCUT2D eigenvalue weighted by atomic mass is 16.5. The fourth-order valence-corrected chi connectivity index (χ4v) is 4.80. The smallest absolute Gasteiger partial charge is 0.259 e. The summed E-state index contributed by atoms with van der Waals surface area (Å²) in [5.74, 6) is 1.54. The summed E-state index contributed by atoms with van der Waals surface area (Å²) in [6, 6.07) is 15.1. The SMILES string of the molecule is COc1cccc(-c2cc3ccc(OC[C@@H](C)CN4CCCC4)cc3c(=O)n2CC(=O)NC(C)C)c1. The Hall–Kier alpha value is -3.32. The first kappa shape index (κ1) is 25.8. The van der Waals surface area contributed by atoms with Gasteiger partial charge in [-0.05, 0) is 75.5 Å². The molecule has 1 atom stereocenters. The highest BCUT2D eigenvalue weighted by Crippen LogP contribution is 2.27. The molecule has 4 rings (SSSR count). The summed E-state index contributed by atoms with van der Waals surface area (Å²) >= 11 is 0. The summed E-state index contributed by atoms with van der Waals surface area (Å²) in [6.45, 7) is 9.87. The highest BCUT2D eigenvalue weighted by molar-refractivity contribution is 5.87. The third-order valence-electron chi connectivity index (χ3n) is 6.50. The molecule has 0 saturated carbocycles. The Morgan fingerprint density at radius 2 is 1.81 bits per heavy atom. The summed E-state index contributed by atoms with van der Waals surface area (Å²) in [6.07, 6.45) is 2.55. The van der Waals surface area contributed by atoms with Gasteiger partial charge in [-0.25, -0.2) is 0 Å². The molecule has 192 valence electrons. The molecule has 2 heterocycles. The zero-order valence-corrected chi connectivity index (χ0v) is 21.8. The molecular formula is C29H37N3O4. The van der Waals surface area contributed by atoms with E-state index in [-0.39, 0.29) is 24.1 Å². The quantitative estimate of drug-likeness (QED) is 0.458. The number of ether oxygens (including phenoxy) is 2. The van der Waals surface area contributed by atoms with Gasteiger partial charge >= 0.3 is 0 Å². The first-order valence-corrected chi connectivity index (χ1v) is 12.8. The average molecular weight is 492 g/mol. The van der Waals surface area contributed by atoms with Crippen LogP contribution in [0.3, 0.4) is 0 Å². The number of fused-ring (bicyclic) bond motifs is 1. The lowest BCUT2D eigenvalue weighted by atomic mass is 10.1. The maximum absolute atomic E-state index is 13.7. The van der Waals surface area contributed by atoms with Gasteiger partial charge in [0, 0.05) is 24.1 Å². The summed E-state index contributed by atoms with van der Waals surface area (Å²) in [4.78, 5) is 28.9. The summed E-state index contributed by atoms with van der Waals surface area (Å²) in [5, 5.41) is 4.22. The van der Waals surface area contributed by atoms with E-state index < -0.39 is 0 Å². The Bertz CT molecular complexity index is 1260. The van der Waals surface area contributed by atoms with Crippen LogP contribution < -0.4 is 20.3 Å². The molecule has 3 aromatic rings. The van der Waals surface area contributed by atoms with Crippen molar-refractivity contribution in [2.75, 3.05) is 33.4 Å². The Morgan fingerprint density at radius 3 is 2.53 bits per heavy atom. The highest BCUT2D eigenvalue weighted by Gasteiger charge is 2.17. The van der Waals surface area contributed by atoms with Gasteiger partial charge < -0.3 is 19.7 Å². The molecule has 0 aliphatic carbocycles. The van der Waals surface area contributed by atoms with Crippen molar-refractivity contribution in [3.05, 3.63) is 58.9 Å². The number of hydrogen-bond acceptors (Lipinski definition) is 5. The van der Waals surface area contributed by atoms with Gasteiger partial charge in [0.25, 0.3) is 5.56 Å². The first-order valence-electron chi connectivity index (χ1n) is 12.8. The van der Waals surface area contributed by atoms with Crippen LogP contribution in [-0.4, -0.2) is 54.8 Å². The van der Waals surface area contributed by atoms with Crippen molar-refractivity contribution < 1.29 is 14.3 Å². The Labute approximate surface area is 213 Å². The minimum absolute atomic E-state index is 0.0171. The van der Waals surface area contributed by atoms with Crippen molar-refractivity contribution >= 4 is 16.7 Å². The summed E-state index contributed by atoms with van der Waals surface area (Å²) in [7, 11) is 1.61. The van der Waals surface area contributed by atoms with Crippen LogP contribution in [0.5, 0.6) is 11.5 Å². The van der Waals surface area contributed by atoms with E-state index in [9.17, 15) is 9.59 Å². The van der Waals surface area contributed by atoms with Gasteiger partial charge in [0.15, 0.2) is 0 Å². The van der Waals surface area contributed by atoms with Gasteiger partial charge in [-0.1, -0.05) is 25.1 Å². The summed E-state index contributed by atoms with van der Waals surface area (Å²) in [5.41, 5.74) is 1.25. The number of methoxy groups -OCH3 is 1. The topological polar surface area (TPSA) is 72.8 Å². The number of pyridine rings is 1. The number of benzene rings is 2. The molecule has 7 heteroatoms. The molecule has 1 aromatic heterocycles. The van der Waals surface area contributed by atoms with Crippen LogP contribution in [0.4, 0.5) is 0 Å². The molecule has 0 unspecified atom stereocenters. The van der Waals surface area contributed by atoms with Gasteiger partial charge in [-0.15, -0.1) is 0 Å². The van der Waals surface area contributed by atoms with Crippen LogP contribution in [0.25, 0.3) is 22.0 Å². The molecule has 0 spiro atoms. The number of nitrogens with one attached hydrogen (secondary N) is 1. The van der Waals surface area contributed by atoms with E-state index in [0.717, 1.165) is 17.5 Å². The number of carbonyl (C=O) groups is 1. The van der Waals surface area contributed by atoms with Crippen LogP contribution in [-0.2, 0) is 11.3 Å². The van der Waals surface area contributed by atoms with Crippen molar-refractivity contribution in [2.45, 2.75) is 46.2 Å². The van der Waals surface area contributed by atoms with Crippen molar-refractivity contribution in [1.82, 2.24) is 14.8 Å². The van der Waals surface area contributed by atoms with Gasteiger partial charge in [-0.2, -0.15) is 0 Å². The number of carbonyl (C=O) groups excluding carboxylic acids is 1. The van der Waals surface area contributed by atoms with E-state index in [0.29, 0.717) is 35.1 Å². The summed E-state index contributed by atoms with van der Waals surface area (Å²) < 4.78 is 13.0. The molecule has 1 aliphatic rings. The zero-order valence-electron chi connectivity index (χ0n) is 21.8. The second-order valence-corrected chi connectivity index (χ2v) is 10.0. The molecule has 0 bridgehead atoms. The second kappa shape index (κ2) is 11.6. The molecular weight excluding hydrogens is 454 g/mol. The molecule has 1 saturated heterocycles. The number of nitrogens with zero attached hydrogens (tertiary/aromatic N) is 2. The molecule has 1 N–H and O–H groups in total. The van der Waals surface area contributed by atoms with Crippen LogP contribution in [0, 0.1) is 5.92 Å². The maximum atomic E-state index is 13.7. The van der Waals surface area contributed by atoms with E-state index in [4.69, 9.17) is 9.47 Å². The minimum atomic E-state index is -0.222. The van der Waals surface area contributed by atoms with E-state index >= 15 is 0 Å². The molecule has 0 radical (unpaired) electrons. The van der Waals surface area contributed by atoms with Crippen molar-refractivity contribution in [1.29, 1.82) is 0 Å². The predicted octanol–water partition coefficient (Wildman–Crippen LogP) is 4.31. The Balaban J connectivity index is 1.66. The van der Waals surface area contributed by atoms with Gasteiger partial charge in [0.1, 0.15) is 18.0 Å². The molecule has 1 aliphatic heterocycles. The number of rotatable bonds is 10. The van der Waals surface area contributed by atoms with Crippen LogP contribution >= 0.6 is 0 Å². The first-order chi connectivity index (χ1) is 17.3. The maximum Gasteiger partial charge on any atom is 0.259 e. The number of hydrogen-bond donors (Lipinski definition) is 1. The van der Waals surface area contributed by atoms with E-state index in [1.165, 1.54) is 30.5 Å². The third-order valence-corrected chi connectivity index (χ3v) is 6.50. The Kier molecular flexibility index (Phi) is 8.31. The predicted molar refractivity (Wildman–Crippen MR) is 144 cm³/mol. The normalized spacial score (nSPS) is 14.8. The number of amides is 1. The van der Waals surface area contributed by atoms with E-state index in [1.54, 1.807) is 13.2 Å². The minimum Gasteiger partial charge on any atom is -0.497 e. The number of likely N-dealkylation sites (tertiary alicyclic amines) is 1. The van der Waals surface area contributed by atoms with Crippen molar-refractivity contribution in [3.63, 3.8) is 0 Å². The van der Waals surface area contributed by atoms with Crippen molar-refractivity contribution in [3.8, 4) is 22.8 Å². The number of aromatic nitrogens is 1. The zero-order chi connectivity index (χ0) is 25.7. The lowest BCUT2D eigenvalue weighted by molar-refractivity contribution is -0.122. The van der Waals surface area contributed by atoms with E-state index in [1.807, 2.05) is 56.3 Å².